The second-order valence-electron chi connectivity index (χ2n) is 4.80. The van der Waals surface area contributed by atoms with Gasteiger partial charge in [-0.15, -0.1) is 0 Å². The maximum absolute atomic E-state index is 11.9. The molecule has 1 fully saturated rings. The molecule has 2 rings (SSSR count). The fraction of sp³-hybridized carbons (Fsp3) is 0.429. The number of hydrogen-bond acceptors (Lipinski definition) is 4. The summed E-state index contributed by atoms with van der Waals surface area (Å²) in [6, 6.07) is 5.59. The number of piperazine rings is 1. The molecule has 1 saturated heterocycles. The van der Waals surface area contributed by atoms with Crippen molar-refractivity contribution in [2.24, 2.45) is 5.73 Å². The quantitative estimate of drug-likeness (QED) is 0.785. The fourth-order valence-corrected chi connectivity index (χ4v) is 2.48. The van der Waals surface area contributed by atoms with Crippen molar-refractivity contribution in [3.63, 3.8) is 0 Å². The lowest BCUT2D eigenvalue weighted by Crippen LogP contribution is -2.58. The van der Waals surface area contributed by atoms with Crippen LogP contribution in [0.3, 0.4) is 0 Å². The number of imide groups is 1. The first-order valence-electron chi connectivity index (χ1n) is 6.46. The summed E-state index contributed by atoms with van der Waals surface area (Å²) in [5.74, 6) is -0.499. The number of nitrogens with two attached hydrogens (primary N) is 1. The van der Waals surface area contributed by atoms with Crippen LogP contribution in [0.25, 0.3) is 0 Å². The molecule has 2 amide bonds. The van der Waals surface area contributed by atoms with E-state index in [9.17, 15) is 9.59 Å². The standard InChI is InChI=1S/C14H19N3O2/c1-3-11-14(19)16-13(18)8-17(11)12-5-4-9(2)6-10(12)7-15/h4-6,11H,3,7-8,15H2,1-2H3,(H,16,18,19). The highest BCUT2D eigenvalue weighted by Crippen LogP contribution is 2.26. The van der Waals surface area contributed by atoms with Gasteiger partial charge in [-0.3, -0.25) is 14.9 Å². The van der Waals surface area contributed by atoms with Crippen LogP contribution in [0.1, 0.15) is 24.5 Å². The van der Waals surface area contributed by atoms with Gasteiger partial charge in [0.1, 0.15) is 6.04 Å². The number of anilines is 1. The van der Waals surface area contributed by atoms with E-state index in [1.54, 1.807) is 0 Å². The molecule has 5 nitrogen and oxygen atoms in total. The van der Waals surface area contributed by atoms with Crippen molar-refractivity contribution in [2.45, 2.75) is 32.9 Å². The molecule has 1 heterocycles. The molecule has 0 bridgehead atoms. The highest BCUT2D eigenvalue weighted by atomic mass is 16.2. The molecule has 1 unspecified atom stereocenters. The third-order valence-electron chi connectivity index (χ3n) is 3.41. The van der Waals surface area contributed by atoms with E-state index in [-0.39, 0.29) is 24.4 Å². The first-order chi connectivity index (χ1) is 9.06. The molecular formula is C14H19N3O2. The van der Waals surface area contributed by atoms with Crippen molar-refractivity contribution in [3.8, 4) is 0 Å². The van der Waals surface area contributed by atoms with E-state index in [0.717, 1.165) is 16.8 Å². The normalized spacial score (nSPS) is 19.5. The number of nitrogens with one attached hydrogen (secondary N) is 1. The van der Waals surface area contributed by atoms with E-state index in [1.807, 2.05) is 36.9 Å². The molecule has 1 aliphatic heterocycles. The van der Waals surface area contributed by atoms with E-state index in [1.165, 1.54) is 0 Å². The lowest BCUT2D eigenvalue weighted by molar-refractivity contribution is -0.132. The molecule has 102 valence electrons. The Kier molecular flexibility index (Phi) is 3.85. The number of amides is 2. The van der Waals surface area contributed by atoms with Crippen LogP contribution in [0.5, 0.6) is 0 Å². The summed E-state index contributed by atoms with van der Waals surface area (Å²) in [4.78, 5) is 25.3. The first-order valence-corrected chi connectivity index (χ1v) is 6.46. The van der Waals surface area contributed by atoms with Crippen LogP contribution in [0.2, 0.25) is 0 Å². The third kappa shape index (κ3) is 2.61. The molecule has 5 heteroatoms. The molecule has 1 atom stereocenters. The van der Waals surface area contributed by atoms with Crippen molar-refractivity contribution in [1.29, 1.82) is 0 Å². The van der Waals surface area contributed by atoms with Crippen LogP contribution in [0.15, 0.2) is 18.2 Å². The second kappa shape index (κ2) is 5.40. The molecule has 3 N–H and O–H groups in total. The minimum Gasteiger partial charge on any atom is -0.350 e. The molecule has 0 aromatic heterocycles. The Hall–Kier alpha value is -1.88. The number of aryl methyl sites for hydroxylation is 1. The average Bonchev–Trinajstić information content (AvgIpc) is 2.37. The summed E-state index contributed by atoms with van der Waals surface area (Å²) < 4.78 is 0. The zero-order valence-electron chi connectivity index (χ0n) is 11.3. The number of benzene rings is 1. The monoisotopic (exact) mass is 261 g/mol. The summed E-state index contributed by atoms with van der Waals surface area (Å²) >= 11 is 0. The molecule has 1 aromatic rings. The van der Waals surface area contributed by atoms with Crippen molar-refractivity contribution in [3.05, 3.63) is 29.3 Å². The Morgan fingerprint density at radius 1 is 1.42 bits per heavy atom. The van der Waals surface area contributed by atoms with E-state index in [2.05, 4.69) is 5.32 Å². The summed E-state index contributed by atoms with van der Waals surface area (Å²) in [7, 11) is 0. The summed E-state index contributed by atoms with van der Waals surface area (Å²) in [6.07, 6.45) is 0.650. The van der Waals surface area contributed by atoms with Gasteiger partial charge in [0.2, 0.25) is 11.8 Å². The summed E-state index contributed by atoms with van der Waals surface area (Å²) in [6.45, 7) is 4.51. The number of nitrogens with zero attached hydrogens (tertiary/aromatic N) is 1. The first kappa shape index (κ1) is 13.5. The van der Waals surface area contributed by atoms with Crippen molar-refractivity contribution >= 4 is 17.5 Å². The van der Waals surface area contributed by atoms with Gasteiger partial charge < -0.3 is 10.6 Å². The van der Waals surface area contributed by atoms with Gasteiger partial charge in [0.05, 0.1) is 6.54 Å². The number of rotatable bonds is 3. The van der Waals surface area contributed by atoms with Crippen LogP contribution in [0, 0.1) is 6.92 Å². The Labute approximate surface area is 112 Å². The Morgan fingerprint density at radius 2 is 2.16 bits per heavy atom. The maximum Gasteiger partial charge on any atom is 0.249 e. The lowest BCUT2D eigenvalue weighted by atomic mass is 10.0. The van der Waals surface area contributed by atoms with Gasteiger partial charge >= 0.3 is 0 Å². The highest BCUT2D eigenvalue weighted by Gasteiger charge is 2.33. The van der Waals surface area contributed by atoms with E-state index in [4.69, 9.17) is 5.73 Å². The van der Waals surface area contributed by atoms with Gasteiger partial charge in [0.15, 0.2) is 0 Å². The number of carbonyl (C=O) groups excluding carboxylic acids is 2. The molecule has 0 spiro atoms. The number of carbonyl (C=O) groups is 2. The molecule has 1 aliphatic rings. The minimum atomic E-state index is -0.314. The van der Waals surface area contributed by atoms with Gasteiger partial charge in [-0.2, -0.15) is 0 Å². The predicted octanol–water partition coefficient (Wildman–Crippen LogP) is 0.695. The zero-order valence-corrected chi connectivity index (χ0v) is 11.3. The van der Waals surface area contributed by atoms with E-state index >= 15 is 0 Å². The van der Waals surface area contributed by atoms with Crippen molar-refractivity contribution < 1.29 is 9.59 Å². The second-order valence-corrected chi connectivity index (χ2v) is 4.80. The molecule has 19 heavy (non-hydrogen) atoms. The summed E-state index contributed by atoms with van der Waals surface area (Å²) in [5.41, 5.74) is 8.72. The molecular weight excluding hydrogens is 242 g/mol. The van der Waals surface area contributed by atoms with Gasteiger partial charge in [-0.1, -0.05) is 24.6 Å². The van der Waals surface area contributed by atoms with E-state index < -0.39 is 0 Å². The molecule has 0 aliphatic carbocycles. The van der Waals surface area contributed by atoms with Crippen molar-refractivity contribution in [2.75, 3.05) is 11.4 Å². The summed E-state index contributed by atoms with van der Waals surface area (Å²) in [5, 5.41) is 2.38. The van der Waals surface area contributed by atoms with Crippen LogP contribution in [-0.2, 0) is 16.1 Å². The van der Waals surface area contributed by atoms with Gasteiger partial charge in [0.25, 0.3) is 0 Å². The Morgan fingerprint density at radius 3 is 2.79 bits per heavy atom. The minimum absolute atomic E-state index is 0.195. The Balaban J connectivity index is 2.42. The van der Waals surface area contributed by atoms with Crippen LogP contribution in [-0.4, -0.2) is 24.4 Å². The highest BCUT2D eigenvalue weighted by molar-refractivity contribution is 6.04. The lowest BCUT2D eigenvalue weighted by Gasteiger charge is -2.36. The van der Waals surface area contributed by atoms with Crippen LogP contribution >= 0.6 is 0 Å². The molecule has 0 saturated carbocycles. The fourth-order valence-electron chi connectivity index (χ4n) is 2.48. The predicted molar refractivity (Wildman–Crippen MR) is 73.6 cm³/mol. The topological polar surface area (TPSA) is 75.4 Å². The zero-order chi connectivity index (χ0) is 14.0. The van der Waals surface area contributed by atoms with Gasteiger partial charge in [0, 0.05) is 12.2 Å². The third-order valence-corrected chi connectivity index (χ3v) is 3.41. The van der Waals surface area contributed by atoms with Crippen molar-refractivity contribution in [1.82, 2.24) is 5.32 Å². The Bertz CT molecular complexity index is 513. The maximum atomic E-state index is 11.9. The average molecular weight is 261 g/mol. The largest absolute Gasteiger partial charge is 0.350 e. The van der Waals surface area contributed by atoms with Crippen LogP contribution in [0.4, 0.5) is 5.69 Å². The smallest absolute Gasteiger partial charge is 0.249 e. The SMILES string of the molecule is CCC1C(=O)NC(=O)CN1c1ccc(C)cc1CN. The molecule has 1 aromatic carbocycles. The molecule has 0 radical (unpaired) electrons. The van der Waals surface area contributed by atoms with Gasteiger partial charge in [-0.05, 0) is 25.0 Å². The van der Waals surface area contributed by atoms with Gasteiger partial charge in [-0.25, -0.2) is 0 Å². The van der Waals surface area contributed by atoms with Crippen LogP contribution < -0.4 is 16.0 Å². The van der Waals surface area contributed by atoms with E-state index in [0.29, 0.717) is 13.0 Å². The number of hydrogen-bond donors (Lipinski definition) is 2.